The minimum Gasteiger partial charge on any atom is -0.396 e. The van der Waals surface area contributed by atoms with Crippen LogP contribution < -0.4 is 5.73 Å². The Kier molecular flexibility index (Phi) is 4.61. The number of hydrogen-bond acceptors (Lipinski definition) is 3. The molecule has 0 amide bonds. The molecule has 7 heteroatoms. The predicted octanol–water partition coefficient (Wildman–Crippen LogP) is 3.14. The van der Waals surface area contributed by atoms with E-state index in [9.17, 15) is 8.42 Å². The first-order valence-electron chi connectivity index (χ1n) is 6.18. The molecule has 0 spiro atoms. The lowest BCUT2D eigenvalue weighted by Gasteiger charge is -2.21. The Morgan fingerprint density at radius 2 is 1.63 bits per heavy atom. The number of nitrogens with zero attached hydrogens (tertiary/aromatic N) is 1. The summed E-state index contributed by atoms with van der Waals surface area (Å²) in [5.41, 5.74) is 5.80. The van der Waals surface area contributed by atoms with E-state index in [1.165, 1.54) is 16.4 Å². The lowest BCUT2D eigenvalue weighted by atomic mass is 10.2. The molecule has 1 aliphatic heterocycles. The third kappa shape index (κ3) is 2.99. The van der Waals surface area contributed by atoms with Crippen LogP contribution in [0.2, 0.25) is 10.0 Å². The number of hydrogen-bond donors (Lipinski definition) is 1. The molecule has 0 unspecified atom stereocenters. The molecule has 1 saturated heterocycles. The lowest BCUT2D eigenvalue weighted by Crippen LogP contribution is -2.32. The molecule has 0 radical (unpaired) electrons. The summed E-state index contributed by atoms with van der Waals surface area (Å²) in [6.07, 6.45) is 3.87. The molecule has 1 aromatic carbocycles. The van der Waals surface area contributed by atoms with Crippen molar-refractivity contribution in [3.63, 3.8) is 0 Å². The molecular formula is C12H16Cl2N2O2S. The number of halogens is 2. The summed E-state index contributed by atoms with van der Waals surface area (Å²) in [4.78, 5) is 0.0398. The molecule has 0 aliphatic carbocycles. The fourth-order valence-electron chi connectivity index (χ4n) is 2.17. The standard InChI is InChI=1S/C12H16Cl2N2O2S/c13-9-5-6-10(11(14)12(9)15)19(17,18)16-7-3-1-2-4-8-16/h5-6H,1-4,7-8,15H2. The Hall–Kier alpha value is -0.490. The molecule has 0 aromatic heterocycles. The Balaban J connectivity index is 2.41. The normalized spacial score (nSPS) is 18.2. The lowest BCUT2D eigenvalue weighted by molar-refractivity contribution is 0.424. The van der Waals surface area contributed by atoms with Crippen molar-refractivity contribution in [2.24, 2.45) is 0 Å². The molecule has 19 heavy (non-hydrogen) atoms. The van der Waals surface area contributed by atoms with Crippen LogP contribution in [0.1, 0.15) is 25.7 Å². The molecule has 2 rings (SSSR count). The molecule has 0 atom stereocenters. The average Bonchev–Trinajstić information content (AvgIpc) is 2.65. The summed E-state index contributed by atoms with van der Waals surface area (Å²) >= 11 is 11.9. The van der Waals surface area contributed by atoms with E-state index in [0.717, 1.165) is 25.7 Å². The van der Waals surface area contributed by atoms with Crippen molar-refractivity contribution in [1.82, 2.24) is 4.31 Å². The van der Waals surface area contributed by atoms with Crippen LogP contribution in [0, 0.1) is 0 Å². The highest BCUT2D eigenvalue weighted by molar-refractivity contribution is 7.89. The summed E-state index contributed by atoms with van der Waals surface area (Å²) in [5, 5.41) is 0.275. The average molecular weight is 323 g/mol. The molecule has 0 bridgehead atoms. The van der Waals surface area contributed by atoms with Gasteiger partial charge in [0.05, 0.1) is 15.7 Å². The van der Waals surface area contributed by atoms with Crippen molar-refractivity contribution in [2.75, 3.05) is 18.8 Å². The van der Waals surface area contributed by atoms with Crippen molar-refractivity contribution < 1.29 is 8.42 Å². The van der Waals surface area contributed by atoms with Gasteiger partial charge in [0.1, 0.15) is 4.90 Å². The third-order valence-corrected chi connectivity index (χ3v) is 6.06. The van der Waals surface area contributed by atoms with Crippen molar-refractivity contribution in [1.29, 1.82) is 0 Å². The number of benzene rings is 1. The highest BCUT2D eigenvalue weighted by Gasteiger charge is 2.28. The molecule has 0 saturated carbocycles. The highest BCUT2D eigenvalue weighted by atomic mass is 35.5. The summed E-state index contributed by atoms with van der Waals surface area (Å²) in [6.45, 7) is 1.06. The largest absolute Gasteiger partial charge is 0.396 e. The fraction of sp³-hybridized carbons (Fsp3) is 0.500. The van der Waals surface area contributed by atoms with E-state index in [-0.39, 0.29) is 20.6 Å². The molecule has 4 nitrogen and oxygen atoms in total. The molecule has 1 fully saturated rings. The maximum absolute atomic E-state index is 12.6. The second kappa shape index (κ2) is 5.87. The van der Waals surface area contributed by atoms with Gasteiger partial charge in [-0.25, -0.2) is 8.42 Å². The molecule has 106 valence electrons. The van der Waals surface area contributed by atoms with Crippen LogP contribution in [0.15, 0.2) is 17.0 Å². The monoisotopic (exact) mass is 322 g/mol. The Labute approximate surface area is 123 Å². The van der Waals surface area contributed by atoms with Gasteiger partial charge in [-0.1, -0.05) is 36.0 Å². The van der Waals surface area contributed by atoms with Crippen LogP contribution in [0.3, 0.4) is 0 Å². The summed E-state index contributed by atoms with van der Waals surface area (Å²) in [7, 11) is -3.59. The Morgan fingerprint density at radius 3 is 2.21 bits per heavy atom. The van der Waals surface area contributed by atoms with E-state index in [4.69, 9.17) is 28.9 Å². The van der Waals surface area contributed by atoms with E-state index < -0.39 is 10.0 Å². The van der Waals surface area contributed by atoms with Gasteiger partial charge in [-0.3, -0.25) is 0 Å². The minimum atomic E-state index is -3.59. The first-order chi connectivity index (χ1) is 8.94. The SMILES string of the molecule is Nc1c(Cl)ccc(S(=O)(=O)N2CCCCCC2)c1Cl. The van der Waals surface area contributed by atoms with Crippen LogP contribution in [0.4, 0.5) is 5.69 Å². The molecule has 1 heterocycles. The zero-order chi connectivity index (χ0) is 14.0. The summed E-state index contributed by atoms with van der Waals surface area (Å²) in [5.74, 6) is 0. The maximum atomic E-state index is 12.6. The Morgan fingerprint density at radius 1 is 1.05 bits per heavy atom. The van der Waals surface area contributed by atoms with E-state index in [2.05, 4.69) is 0 Å². The zero-order valence-corrected chi connectivity index (χ0v) is 12.7. The number of nitrogen functional groups attached to an aromatic ring is 1. The number of sulfonamides is 1. The van der Waals surface area contributed by atoms with Crippen LogP contribution >= 0.6 is 23.2 Å². The van der Waals surface area contributed by atoms with Gasteiger partial charge in [0, 0.05) is 13.1 Å². The van der Waals surface area contributed by atoms with Gasteiger partial charge in [0.15, 0.2) is 0 Å². The smallest absolute Gasteiger partial charge is 0.244 e. The quantitative estimate of drug-likeness (QED) is 0.851. The van der Waals surface area contributed by atoms with Crippen molar-refractivity contribution in [2.45, 2.75) is 30.6 Å². The van der Waals surface area contributed by atoms with Gasteiger partial charge in [-0.2, -0.15) is 4.31 Å². The van der Waals surface area contributed by atoms with Crippen molar-refractivity contribution >= 4 is 38.9 Å². The summed E-state index contributed by atoms with van der Waals surface area (Å²) < 4.78 is 26.6. The Bertz CT molecular complexity index is 567. The maximum Gasteiger partial charge on any atom is 0.244 e. The van der Waals surface area contributed by atoms with E-state index in [1.807, 2.05) is 0 Å². The highest BCUT2D eigenvalue weighted by Crippen LogP contribution is 2.35. The first kappa shape index (κ1) is 14.9. The molecular weight excluding hydrogens is 307 g/mol. The molecule has 2 N–H and O–H groups in total. The molecule has 1 aromatic rings. The second-order valence-corrected chi connectivity index (χ2v) is 7.28. The zero-order valence-electron chi connectivity index (χ0n) is 10.4. The molecule has 1 aliphatic rings. The predicted molar refractivity (Wildman–Crippen MR) is 78.1 cm³/mol. The summed E-state index contributed by atoms with van der Waals surface area (Å²) in [6, 6.07) is 2.88. The van der Waals surface area contributed by atoms with E-state index >= 15 is 0 Å². The van der Waals surface area contributed by atoms with Crippen LogP contribution in [0.25, 0.3) is 0 Å². The van der Waals surface area contributed by atoms with Gasteiger partial charge < -0.3 is 5.73 Å². The van der Waals surface area contributed by atoms with Gasteiger partial charge in [-0.05, 0) is 25.0 Å². The van der Waals surface area contributed by atoms with Gasteiger partial charge in [0.2, 0.25) is 10.0 Å². The van der Waals surface area contributed by atoms with E-state index in [1.54, 1.807) is 0 Å². The van der Waals surface area contributed by atoms with Crippen LogP contribution in [0.5, 0.6) is 0 Å². The fourth-order valence-corrected chi connectivity index (χ4v) is 4.43. The topological polar surface area (TPSA) is 63.4 Å². The van der Waals surface area contributed by atoms with Crippen molar-refractivity contribution in [3.05, 3.63) is 22.2 Å². The number of rotatable bonds is 2. The van der Waals surface area contributed by atoms with Crippen molar-refractivity contribution in [3.8, 4) is 0 Å². The van der Waals surface area contributed by atoms with Gasteiger partial charge in [0.25, 0.3) is 0 Å². The first-order valence-corrected chi connectivity index (χ1v) is 8.38. The second-order valence-electron chi connectivity index (χ2n) is 4.59. The van der Waals surface area contributed by atoms with Crippen LogP contribution in [-0.2, 0) is 10.0 Å². The van der Waals surface area contributed by atoms with E-state index in [0.29, 0.717) is 13.1 Å². The van der Waals surface area contributed by atoms with Gasteiger partial charge >= 0.3 is 0 Å². The number of anilines is 1. The number of nitrogens with two attached hydrogens (primary N) is 1. The van der Waals surface area contributed by atoms with Crippen LogP contribution in [-0.4, -0.2) is 25.8 Å². The van der Waals surface area contributed by atoms with Gasteiger partial charge in [-0.15, -0.1) is 0 Å². The third-order valence-electron chi connectivity index (χ3n) is 3.27. The minimum absolute atomic E-state index is 0.0109.